The SMILES string of the molecule is CCO[C@@]1(C)O[C@H]2O[C@@H](COC(c3ccccc3)(c3ccccc3)c3ccccc3)[C@@H](OC(=O)c3ccccc3)[C@@H](OC(=O)c3ccccc3)[C@H]2O1. The molecule has 7 rings (SSSR count). The van der Waals surface area contributed by atoms with E-state index in [4.69, 9.17) is 33.2 Å². The fourth-order valence-electron chi connectivity index (χ4n) is 6.83. The van der Waals surface area contributed by atoms with Gasteiger partial charge in [0.25, 0.3) is 5.97 Å². The number of hydrogen-bond acceptors (Lipinski definition) is 9. The van der Waals surface area contributed by atoms with Crippen LogP contribution in [0.4, 0.5) is 0 Å². The van der Waals surface area contributed by atoms with Crippen LogP contribution in [-0.2, 0) is 38.8 Å². The molecule has 2 aliphatic rings. The lowest BCUT2D eigenvalue weighted by molar-refractivity contribution is -0.343. The van der Waals surface area contributed by atoms with Crippen LogP contribution in [-0.4, -0.2) is 61.8 Å². The van der Waals surface area contributed by atoms with E-state index in [9.17, 15) is 9.59 Å². The van der Waals surface area contributed by atoms with Gasteiger partial charge >= 0.3 is 11.9 Å². The molecule has 9 heteroatoms. The second-order valence-corrected chi connectivity index (χ2v) is 12.6. The Labute approximate surface area is 303 Å². The van der Waals surface area contributed by atoms with E-state index in [1.807, 2.05) is 97.9 Å². The van der Waals surface area contributed by atoms with Gasteiger partial charge in [0.1, 0.15) is 11.7 Å². The lowest BCUT2D eigenvalue weighted by Gasteiger charge is -2.43. The molecule has 2 fully saturated rings. The first kappa shape index (κ1) is 35.3. The van der Waals surface area contributed by atoms with Gasteiger partial charge < -0.3 is 28.4 Å². The standard InChI is InChI=1S/C43H40O9/c1-3-46-42(2)51-38-37(50-40(45)31-21-11-5-12-22-31)36(49-39(44)30-19-9-4-10-20-30)35(48-41(38)52-42)29-47-43(32-23-13-6-14-24-32,33-25-15-7-16-26-33)34-27-17-8-18-28-34/h4-28,35-38,41H,3,29H2,1-2H3/t35-,36+,37+,38+,41+,42+/m0/s1. The summed E-state index contributed by atoms with van der Waals surface area (Å²) in [6.45, 7) is 3.58. The average Bonchev–Trinajstić information content (AvgIpc) is 3.53. The van der Waals surface area contributed by atoms with Crippen LogP contribution in [0.3, 0.4) is 0 Å². The number of ether oxygens (including phenoxy) is 7. The van der Waals surface area contributed by atoms with Gasteiger partial charge in [-0.15, -0.1) is 0 Å². The number of fused-ring (bicyclic) bond motifs is 1. The number of hydrogen-bond donors (Lipinski definition) is 0. The lowest BCUT2D eigenvalue weighted by atomic mass is 9.80. The van der Waals surface area contributed by atoms with Crippen LogP contribution < -0.4 is 0 Å². The van der Waals surface area contributed by atoms with Gasteiger partial charge in [0.15, 0.2) is 24.6 Å². The highest BCUT2D eigenvalue weighted by Gasteiger charge is 2.60. The van der Waals surface area contributed by atoms with E-state index in [0.29, 0.717) is 11.1 Å². The third kappa shape index (κ3) is 7.27. The fraction of sp³-hybridized carbons (Fsp3) is 0.256. The zero-order valence-corrected chi connectivity index (χ0v) is 28.9. The molecule has 5 aromatic carbocycles. The Kier molecular flexibility index (Phi) is 10.6. The monoisotopic (exact) mass is 700 g/mol. The average molecular weight is 701 g/mol. The second-order valence-electron chi connectivity index (χ2n) is 12.6. The Hall–Kier alpha value is -5.16. The summed E-state index contributed by atoms with van der Waals surface area (Å²) in [7, 11) is 0. The summed E-state index contributed by atoms with van der Waals surface area (Å²) < 4.78 is 44.5. The fourth-order valence-corrected chi connectivity index (χ4v) is 6.83. The molecule has 0 saturated carbocycles. The molecule has 5 aromatic rings. The molecule has 0 aliphatic carbocycles. The van der Waals surface area contributed by atoms with E-state index in [0.717, 1.165) is 16.7 Å². The van der Waals surface area contributed by atoms with Crippen LogP contribution in [0.15, 0.2) is 152 Å². The minimum atomic E-state index is -1.52. The molecule has 0 bridgehead atoms. The minimum Gasteiger partial charge on any atom is -0.452 e. The zero-order chi connectivity index (χ0) is 36.0. The van der Waals surface area contributed by atoms with E-state index in [-0.39, 0.29) is 13.2 Å². The van der Waals surface area contributed by atoms with Gasteiger partial charge in [0.2, 0.25) is 0 Å². The molecule has 0 spiro atoms. The predicted octanol–water partition coefficient (Wildman–Crippen LogP) is 7.30. The summed E-state index contributed by atoms with van der Waals surface area (Å²) in [5, 5.41) is 0. The van der Waals surface area contributed by atoms with Crippen LogP contribution in [0.5, 0.6) is 0 Å². The largest absolute Gasteiger partial charge is 0.452 e. The maximum absolute atomic E-state index is 13.8. The smallest absolute Gasteiger partial charge is 0.338 e. The Morgan fingerprint density at radius 2 is 1.04 bits per heavy atom. The molecular weight excluding hydrogens is 660 g/mol. The van der Waals surface area contributed by atoms with Gasteiger partial charge in [-0.05, 0) is 47.9 Å². The van der Waals surface area contributed by atoms with Gasteiger partial charge in [-0.3, -0.25) is 4.74 Å². The zero-order valence-electron chi connectivity index (χ0n) is 28.9. The van der Waals surface area contributed by atoms with Crippen molar-refractivity contribution >= 4 is 11.9 Å². The van der Waals surface area contributed by atoms with E-state index in [1.54, 1.807) is 67.6 Å². The Bertz CT molecular complexity index is 1810. The van der Waals surface area contributed by atoms with Gasteiger partial charge in [0, 0.05) is 13.5 Å². The van der Waals surface area contributed by atoms with Crippen molar-refractivity contribution in [1.82, 2.24) is 0 Å². The van der Waals surface area contributed by atoms with Gasteiger partial charge in [0.05, 0.1) is 17.7 Å². The van der Waals surface area contributed by atoms with Crippen LogP contribution in [0.2, 0.25) is 0 Å². The van der Waals surface area contributed by atoms with E-state index >= 15 is 0 Å². The summed E-state index contributed by atoms with van der Waals surface area (Å²) in [5.74, 6) is -2.79. The maximum Gasteiger partial charge on any atom is 0.338 e. The Balaban J connectivity index is 1.31. The Morgan fingerprint density at radius 1 is 0.615 bits per heavy atom. The summed E-state index contributed by atoms with van der Waals surface area (Å²) in [6, 6.07) is 46.9. The lowest BCUT2D eigenvalue weighted by Crippen LogP contribution is -2.61. The molecule has 266 valence electrons. The van der Waals surface area contributed by atoms with Crippen LogP contribution in [0.25, 0.3) is 0 Å². The molecule has 52 heavy (non-hydrogen) atoms. The molecule has 6 atom stereocenters. The van der Waals surface area contributed by atoms with E-state index in [2.05, 4.69) is 0 Å². The molecule has 0 N–H and O–H groups in total. The molecule has 0 radical (unpaired) electrons. The molecule has 0 aromatic heterocycles. The molecular formula is C43H40O9. The molecule has 0 amide bonds. The second kappa shape index (κ2) is 15.6. The van der Waals surface area contributed by atoms with Crippen molar-refractivity contribution in [2.75, 3.05) is 13.2 Å². The number of carbonyl (C=O) groups is 2. The highest BCUT2D eigenvalue weighted by atomic mass is 16.9. The van der Waals surface area contributed by atoms with Crippen LogP contribution in [0, 0.1) is 0 Å². The van der Waals surface area contributed by atoms with Gasteiger partial charge in [-0.1, -0.05) is 127 Å². The molecule has 0 unspecified atom stereocenters. The van der Waals surface area contributed by atoms with Crippen molar-refractivity contribution in [3.8, 4) is 0 Å². The first-order valence-electron chi connectivity index (χ1n) is 17.4. The third-order valence-corrected chi connectivity index (χ3v) is 9.19. The number of rotatable bonds is 12. The summed E-state index contributed by atoms with van der Waals surface area (Å²) in [6.07, 6.45) is -5.48. The summed E-state index contributed by atoms with van der Waals surface area (Å²) in [4.78, 5) is 27.5. The topological polar surface area (TPSA) is 98.8 Å². The predicted molar refractivity (Wildman–Crippen MR) is 191 cm³/mol. The molecule has 2 heterocycles. The number of esters is 2. The quantitative estimate of drug-likeness (QED) is 0.0981. The van der Waals surface area contributed by atoms with Crippen molar-refractivity contribution in [3.05, 3.63) is 179 Å². The summed E-state index contributed by atoms with van der Waals surface area (Å²) >= 11 is 0. The first-order chi connectivity index (χ1) is 25.4. The molecule has 2 aliphatic heterocycles. The highest BCUT2D eigenvalue weighted by Crippen LogP contribution is 2.43. The van der Waals surface area contributed by atoms with E-state index < -0.39 is 54.2 Å². The molecule has 9 nitrogen and oxygen atoms in total. The number of carbonyl (C=O) groups excluding carboxylic acids is 2. The van der Waals surface area contributed by atoms with Crippen molar-refractivity contribution < 1.29 is 42.7 Å². The van der Waals surface area contributed by atoms with Gasteiger partial charge in [-0.25, -0.2) is 9.59 Å². The van der Waals surface area contributed by atoms with Crippen molar-refractivity contribution in [1.29, 1.82) is 0 Å². The minimum absolute atomic E-state index is 0.122. The number of benzene rings is 5. The summed E-state index contributed by atoms with van der Waals surface area (Å²) in [5.41, 5.74) is 2.11. The van der Waals surface area contributed by atoms with E-state index in [1.165, 1.54) is 0 Å². The highest BCUT2D eigenvalue weighted by molar-refractivity contribution is 5.90. The normalized spacial score (nSPS) is 24.1. The Morgan fingerprint density at radius 3 is 1.48 bits per heavy atom. The van der Waals surface area contributed by atoms with Crippen LogP contribution >= 0.6 is 0 Å². The van der Waals surface area contributed by atoms with Crippen molar-refractivity contribution in [2.45, 2.75) is 56.1 Å². The van der Waals surface area contributed by atoms with Crippen LogP contribution in [0.1, 0.15) is 51.3 Å². The van der Waals surface area contributed by atoms with Crippen molar-refractivity contribution in [2.24, 2.45) is 0 Å². The maximum atomic E-state index is 13.8. The first-order valence-corrected chi connectivity index (χ1v) is 17.4. The third-order valence-electron chi connectivity index (χ3n) is 9.19. The van der Waals surface area contributed by atoms with Gasteiger partial charge in [-0.2, -0.15) is 0 Å². The van der Waals surface area contributed by atoms with Crippen molar-refractivity contribution in [3.63, 3.8) is 0 Å². The molecule has 2 saturated heterocycles.